The molecule has 2 aromatic rings. The van der Waals surface area contributed by atoms with E-state index in [1.54, 1.807) is 19.4 Å². The van der Waals surface area contributed by atoms with E-state index in [1.807, 2.05) is 37.3 Å². The predicted molar refractivity (Wildman–Crippen MR) is 89.3 cm³/mol. The van der Waals surface area contributed by atoms with Crippen LogP contribution in [0.4, 0.5) is 11.4 Å². The summed E-state index contributed by atoms with van der Waals surface area (Å²) in [7, 11) is 1.59. The molecule has 2 N–H and O–H groups in total. The average Bonchev–Trinajstić information content (AvgIpc) is 2.57. The van der Waals surface area contributed by atoms with Crippen LogP contribution in [0.1, 0.15) is 17.4 Å². The molecule has 0 aliphatic carbocycles. The van der Waals surface area contributed by atoms with Crippen LogP contribution in [-0.2, 0) is 4.74 Å². The molecule has 122 valence electrons. The lowest BCUT2D eigenvalue weighted by atomic mass is 10.2. The molecule has 23 heavy (non-hydrogen) atoms. The van der Waals surface area contributed by atoms with E-state index in [9.17, 15) is 4.79 Å². The number of anilines is 2. The van der Waals surface area contributed by atoms with Crippen molar-refractivity contribution in [3.63, 3.8) is 0 Å². The van der Waals surface area contributed by atoms with Crippen molar-refractivity contribution in [1.82, 2.24) is 10.3 Å². The number of carbonyl (C=O) groups excluding carboxylic acids is 1. The van der Waals surface area contributed by atoms with E-state index in [2.05, 4.69) is 15.6 Å². The van der Waals surface area contributed by atoms with Crippen LogP contribution in [0.3, 0.4) is 0 Å². The molecule has 6 nitrogen and oxygen atoms in total. The van der Waals surface area contributed by atoms with Gasteiger partial charge in [0.25, 0.3) is 5.91 Å². The first kappa shape index (κ1) is 16.8. The molecule has 0 atom stereocenters. The highest BCUT2D eigenvalue weighted by molar-refractivity contribution is 5.93. The van der Waals surface area contributed by atoms with Gasteiger partial charge in [-0.15, -0.1) is 0 Å². The third-order valence-electron chi connectivity index (χ3n) is 3.04. The molecule has 1 heterocycles. The lowest BCUT2D eigenvalue weighted by Gasteiger charge is -2.09. The second kappa shape index (κ2) is 8.75. The molecule has 0 saturated heterocycles. The molecule has 0 spiro atoms. The van der Waals surface area contributed by atoms with Gasteiger partial charge in [0.2, 0.25) is 0 Å². The highest BCUT2D eigenvalue weighted by Crippen LogP contribution is 2.20. The summed E-state index contributed by atoms with van der Waals surface area (Å²) in [6.45, 7) is 3.50. The van der Waals surface area contributed by atoms with Gasteiger partial charge in [-0.1, -0.05) is 0 Å². The quantitative estimate of drug-likeness (QED) is 0.733. The Morgan fingerprint density at radius 3 is 2.65 bits per heavy atom. The van der Waals surface area contributed by atoms with Gasteiger partial charge in [0, 0.05) is 31.2 Å². The topological polar surface area (TPSA) is 72.5 Å². The summed E-state index contributed by atoms with van der Waals surface area (Å²) < 4.78 is 10.3. The highest BCUT2D eigenvalue weighted by Gasteiger charge is 2.07. The van der Waals surface area contributed by atoms with Crippen molar-refractivity contribution in [2.24, 2.45) is 0 Å². The number of nitrogens with zero attached hydrogens (tertiary/aromatic N) is 1. The monoisotopic (exact) mass is 315 g/mol. The minimum absolute atomic E-state index is 0.225. The van der Waals surface area contributed by atoms with Crippen molar-refractivity contribution in [3.8, 4) is 5.75 Å². The van der Waals surface area contributed by atoms with E-state index < -0.39 is 0 Å². The van der Waals surface area contributed by atoms with Gasteiger partial charge in [-0.2, -0.15) is 0 Å². The van der Waals surface area contributed by atoms with Gasteiger partial charge < -0.3 is 20.1 Å². The number of hydrogen-bond acceptors (Lipinski definition) is 5. The van der Waals surface area contributed by atoms with Crippen LogP contribution >= 0.6 is 0 Å². The number of ether oxygens (including phenoxy) is 2. The van der Waals surface area contributed by atoms with Crippen LogP contribution in [-0.4, -0.2) is 37.8 Å². The minimum atomic E-state index is -0.225. The Bertz CT molecular complexity index is 629. The molecule has 1 amide bonds. The molecule has 2 rings (SSSR count). The molecule has 6 heteroatoms. The van der Waals surface area contributed by atoms with Crippen molar-refractivity contribution in [3.05, 3.63) is 48.3 Å². The molecule has 0 unspecified atom stereocenters. The maximum absolute atomic E-state index is 12.0. The van der Waals surface area contributed by atoms with Gasteiger partial charge in [0.05, 0.1) is 13.2 Å². The fourth-order valence-corrected chi connectivity index (χ4v) is 1.96. The van der Waals surface area contributed by atoms with Crippen LogP contribution in [0, 0.1) is 0 Å². The number of hydrogen-bond donors (Lipinski definition) is 2. The van der Waals surface area contributed by atoms with Gasteiger partial charge >= 0.3 is 0 Å². The Labute approximate surface area is 135 Å². The van der Waals surface area contributed by atoms with Crippen molar-refractivity contribution in [2.75, 3.05) is 32.2 Å². The van der Waals surface area contributed by atoms with E-state index in [1.165, 1.54) is 0 Å². The molecule has 0 bridgehead atoms. The van der Waals surface area contributed by atoms with Crippen LogP contribution in [0.5, 0.6) is 5.75 Å². The largest absolute Gasteiger partial charge is 0.494 e. The molecule has 0 aliphatic rings. The Hall–Kier alpha value is -2.60. The number of nitrogens with one attached hydrogen (secondary N) is 2. The Balaban J connectivity index is 2.00. The molecule has 1 aromatic carbocycles. The van der Waals surface area contributed by atoms with Gasteiger partial charge in [0.15, 0.2) is 0 Å². The lowest BCUT2D eigenvalue weighted by molar-refractivity contribution is 0.0932. The van der Waals surface area contributed by atoms with Crippen LogP contribution in [0.25, 0.3) is 0 Å². The number of pyridine rings is 1. The maximum atomic E-state index is 12.0. The van der Waals surface area contributed by atoms with Gasteiger partial charge in [-0.3, -0.25) is 9.78 Å². The minimum Gasteiger partial charge on any atom is -0.494 e. The van der Waals surface area contributed by atoms with Gasteiger partial charge in [-0.05, 0) is 43.3 Å². The van der Waals surface area contributed by atoms with Crippen molar-refractivity contribution < 1.29 is 14.3 Å². The average molecular weight is 315 g/mol. The normalized spacial score (nSPS) is 10.2. The zero-order valence-electron chi connectivity index (χ0n) is 13.3. The Kier molecular flexibility index (Phi) is 6.38. The van der Waals surface area contributed by atoms with E-state index >= 15 is 0 Å². The van der Waals surface area contributed by atoms with Crippen molar-refractivity contribution in [1.29, 1.82) is 0 Å². The summed E-state index contributed by atoms with van der Waals surface area (Å²) in [5.74, 6) is 0.600. The third kappa shape index (κ3) is 5.27. The number of aromatic nitrogens is 1. The second-order valence-electron chi connectivity index (χ2n) is 4.76. The van der Waals surface area contributed by atoms with E-state index in [4.69, 9.17) is 9.47 Å². The molecule has 0 saturated carbocycles. The molecular weight excluding hydrogens is 294 g/mol. The summed E-state index contributed by atoms with van der Waals surface area (Å²) in [5.41, 5.74) is 2.06. The molecule has 0 fully saturated rings. The first-order valence-electron chi connectivity index (χ1n) is 7.46. The van der Waals surface area contributed by atoms with Gasteiger partial charge in [-0.25, -0.2) is 0 Å². The number of amides is 1. The first-order chi connectivity index (χ1) is 11.2. The van der Waals surface area contributed by atoms with Crippen LogP contribution in [0.2, 0.25) is 0 Å². The third-order valence-corrected chi connectivity index (χ3v) is 3.04. The van der Waals surface area contributed by atoms with E-state index in [0.717, 1.165) is 17.1 Å². The molecule has 0 radical (unpaired) electrons. The summed E-state index contributed by atoms with van der Waals surface area (Å²) in [5, 5.41) is 5.98. The maximum Gasteiger partial charge on any atom is 0.270 e. The number of benzene rings is 1. The first-order valence-corrected chi connectivity index (χ1v) is 7.46. The second-order valence-corrected chi connectivity index (χ2v) is 4.76. The van der Waals surface area contributed by atoms with E-state index in [-0.39, 0.29) is 5.91 Å². The summed E-state index contributed by atoms with van der Waals surface area (Å²) in [4.78, 5) is 16.1. The number of methoxy groups -OCH3 is 1. The number of rotatable bonds is 8. The summed E-state index contributed by atoms with van der Waals surface area (Å²) >= 11 is 0. The standard InChI is InChI=1S/C17H21N3O3/c1-3-23-15-6-4-13(5-7-15)20-14-8-9-18-16(12-14)17(21)19-10-11-22-2/h4-9,12H,3,10-11H2,1-2H3,(H,18,20)(H,19,21). The van der Waals surface area contributed by atoms with E-state index in [0.29, 0.717) is 25.5 Å². The molecule has 1 aromatic heterocycles. The molecule has 0 aliphatic heterocycles. The van der Waals surface area contributed by atoms with Crippen LogP contribution < -0.4 is 15.4 Å². The fourth-order valence-electron chi connectivity index (χ4n) is 1.96. The highest BCUT2D eigenvalue weighted by atomic mass is 16.5. The zero-order chi connectivity index (χ0) is 16.5. The van der Waals surface area contributed by atoms with Crippen molar-refractivity contribution >= 4 is 17.3 Å². The van der Waals surface area contributed by atoms with Gasteiger partial charge in [0.1, 0.15) is 11.4 Å². The Morgan fingerprint density at radius 2 is 1.96 bits per heavy atom. The number of carbonyl (C=O) groups is 1. The molecular formula is C17H21N3O3. The Morgan fingerprint density at radius 1 is 1.17 bits per heavy atom. The summed E-state index contributed by atoms with van der Waals surface area (Å²) in [6, 6.07) is 11.1. The van der Waals surface area contributed by atoms with Crippen LogP contribution in [0.15, 0.2) is 42.6 Å². The van der Waals surface area contributed by atoms with Crippen molar-refractivity contribution in [2.45, 2.75) is 6.92 Å². The summed E-state index contributed by atoms with van der Waals surface area (Å²) in [6.07, 6.45) is 1.60. The fraction of sp³-hybridized carbons (Fsp3) is 0.294. The lowest BCUT2D eigenvalue weighted by Crippen LogP contribution is -2.27. The SMILES string of the molecule is CCOc1ccc(Nc2ccnc(C(=O)NCCOC)c2)cc1. The predicted octanol–water partition coefficient (Wildman–Crippen LogP) is 2.60. The zero-order valence-corrected chi connectivity index (χ0v) is 13.3. The smallest absolute Gasteiger partial charge is 0.270 e.